The smallest absolute Gasteiger partial charge is 0.330 e. The molecule has 0 amide bonds. The van der Waals surface area contributed by atoms with Gasteiger partial charge in [-0.2, -0.15) is 0 Å². The van der Waals surface area contributed by atoms with Gasteiger partial charge in [0.1, 0.15) is 6.10 Å². The first-order chi connectivity index (χ1) is 14.6. The molecule has 178 valence electrons. The zero-order valence-corrected chi connectivity index (χ0v) is 19.6. The minimum absolute atomic E-state index is 0.0110. The van der Waals surface area contributed by atoms with Crippen molar-refractivity contribution in [1.82, 2.24) is 0 Å². The van der Waals surface area contributed by atoms with E-state index in [1.54, 1.807) is 19.9 Å². The lowest BCUT2D eigenvalue weighted by molar-refractivity contribution is -0.246. The highest BCUT2D eigenvalue weighted by Gasteiger charge is 2.51. The first kappa shape index (κ1) is 27.3. The van der Waals surface area contributed by atoms with Crippen LogP contribution in [0.2, 0.25) is 0 Å². The molecule has 1 heterocycles. The number of carbonyl (C=O) groups is 3. The van der Waals surface area contributed by atoms with Crippen LogP contribution in [0.25, 0.3) is 0 Å². The lowest BCUT2D eigenvalue weighted by Crippen LogP contribution is -2.61. The van der Waals surface area contributed by atoms with Gasteiger partial charge in [0.2, 0.25) is 0 Å². The van der Waals surface area contributed by atoms with Crippen molar-refractivity contribution >= 4 is 25.5 Å². The Morgan fingerprint density at radius 2 is 1.32 bits per heavy atom. The summed E-state index contributed by atoms with van der Waals surface area (Å²) in [5, 5.41) is 0. The fourth-order valence-electron chi connectivity index (χ4n) is 3.42. The van der Waals surface area contributed by atoms with Gasteiger partial charge in [0, 0.05) is 20.8 Å². The van der Waals surface area contributed by atoms with Crippen LogP contribution in [-0.2, 0) is 46.9 Å². The van der Waals surface area contributed by atoms with Crippen LogP contribution < -0.4 is 0 Å². The van der Waals surface area contributed by atoms with Gasteiger partial charge in [-0.3, -0.25) is 18.9 Å². The van der Waals surface area contributed by atoms with Gasteiger partial charge in [0.25, 0.3) is 0 Å². The highest BCUT2D eigenvalue weighted by atomic mass is 31.2. The highest BCUT2D eigenvalue weighted by Crippen LogP contribution is 2.49. The largest absolute Gasteiger partial charge is 0.456 e. The summed E-state index contributed by atoms with van der Waals surface area (Å²) in [6.07, 6.45) is -2.83. The first-order valence-corrected chi connectivity index (χ1v) is 12.0. The van der Waals surface area contributed by atoms with E-state index >= 15 is 0 Å². The van der Waals surface area contributed by atoms with Crippen LogP contribution in [-0.4, -0.2) is 67.8 Å². The summed E-state index contributed by atoms with van der Waals surface area (Å²) in [6.45, 7) is 11.1. The molecule has 5 atom stereocenters. The summed E-state index contributed by atoms with van der Waals surface area (Å²) >= 11 is 0. The van der Waals surface area contributed by atoms with Gasteiger partial charge in [-0.1, -0.05) is 6.08 Å². The molecule has 0 aromatic rings. The van der Waals surface area contributed by atoms with Crippen molar-refractivity contribution in [3.63, 3.8) is 0 Å². The standard InChI is InChI=1S/C20H33O10P/c1-7-10-16-18(27-13(4)21)20(29-15(6)23)19(28-14(5)22)17(30-16)11-12-31(24,25-8-2)26-9-3/h7,16-20H,1,8-12H2,2-6H3/t16-,17-,18-,19-,20-/m1/s1. The lowest BCUT2D eigenvalue weighted by Gasteiger charge is -2.44. The fraction of sp³-hybridized carbons (Fsp3) is 0.750. The molecule has 1 rings (SSSR count). The summed E-state index contributed by atoms with van der Waals surface area (Å²) in [7, 11) is -3.40. The van der Waals surface area contributed by atoms with E-state index in [1.165, 1.54) is 20.8 Å². The molecule has 0 saturated carbocycles. The van der Waals surface area contributed by atoms with Crippen LogP contribution in [0, 0.1) is 0 Å². The Bertz CT molecular complexity index is 669. The van der Waals surface area contributed by atoms with Crippen molar-refractivity contribution in [2.45, 2.75) is 78.0 Å². The highest BCUT2D eigenvalue weighted by molar-refractivity contribution is 7.53. The molecule has 1 aliphatic rings. The van der Waals surface area contributed by atoms with Crippen molar-refractivity contribution in [1.29, 1.82) is 0 Å². The number of rotatable bonds is 12. The van der Waals surface area contributed by atoms with Gasteiger partial charge in [0.05, 0.1) is 25.5 Å². The third-order valence-corrected chi connectivity index (χ3v) is 6.48. The molecule has 1 fully saturated rings. The number of hydrogen-bond acceptors (Lipinski definition) is 10. The summed E-state index contributed by atoms with van der Waals surface area (Å²) in [5.74, 6) is -1.90. The second kappa shape index (κ2) is 13.0. The number of carbonyl (C=O) groups excluding carboxylic acids is 3. The SMILES string of the molecule is C=CC[C@H]1O[C@H](CCP(=O)(OCC)OCC)[C@@H](OC(C)=O)[C@H](OC(C)=O)[C@@H]1OC(C)=O. The van der Waals surface area contributed by atoms with E-state index in [1.807, 2.05) is 0 Å². The van der Waals surface area contributed by atoms with Crippen LogP contribution in [0.5, 0.6) is 0 Å². The summed E-state index contributed by atoms with van der Waals surface area (Å²) < 4.78 is 45.8. The molecule has 0 aliphatic carbocycles. The Morgan fingerprint density at radius 3 is 1.74 bits per heavy atom. The quantitative estimate of drug-likeness (QED) is 0.184. The monoisotopic (exact) mass is 464 g/mol. The van der Waals surface area contributed by atoms with Crippen molar-refractivity contribution in [2.75, 3.05) is 19.4 Å². The number of hydrogen-bond donors (Lipinski definition) is 0. The Hall–Kier alpha value is -1.74. The summed E-state index contributed by atoms with van der Waals surface area (Å²) in [5.41, 5.74) is 0. The van der Waals surface area contributed by atoms with E-state index in [0.717, 1.165) is 0 Å². The van der Waals surface area contributed by atoms with E-state index in [2.05, 4.69) is 6.58 Å². The van der Waals surface area contributed by atoms with Gasteiger partial charge < -0.3 is 28.0 Å². The van der Waals surface area contributed by atoms with Crippen molar-refractivity contribution < 1.29 is 46.9 Å². The maximum absolute atomic E-state index is 12.9. The van der Waals surface area contributed by atoms with Crippen LogP contribution in [0.15, 0.2) is 12.7 Å². The van der Waals surface area contributed by atoms with Gasteiger partial charge >= 0.3 is 25.5 Å². The topological polar surface area (TPSA) is 124 Å². The molecule has 0 N–H and O–H groups in total. The molecule has 0 aromatic heterocycles. The summed E-state index contributed by atoms with van der Waals surface area (Å²) in [6, 6.07) is 0. The third kappa shape index (κ3) is 8.73. The number of ether oxygens (including phenoxy) is 4. The van der Waals surface area contributed by atoms with Crippen LogP contribution in [0.3, 0.4) is 0 Å². The predicted molar refractivity (Wildman–Crippen MR) is 110 cm³/mol. The van der Waals surface area contributed by atoms with E-state index < -0.39 is 56.0 Å². The van der Waals surface area contributed by atoms with Gasteiger partial charge in [-0.15, -0.1) is 6.58 Å². The zero-order valence-electron chi connectivity index (χ0n) is 18.7. The van der Waals surface area contributed by atoms with Crippen molar-refractivity contribution in [3.05, 3.63) is 12.7 Å². The average molecular weight is 464 g/mol. The van der Waals surface area contributed by atoms with Gasteiger partial charge in [-0.25, -0.2) is 0 Å². The second-order valence-corrected chi connectivity index (χ2v) is 9.10. The fourth-order valence-corrected chi connectivity index (χ4v) is 5.11. The molecule has 0 bridgehead atoms. The summed E-state index contributed by atoms with van der Waals surface area (Å²) in [4.78, 5) is 35.3. The van der Waals surface area contributed by atoms with Crippen LogP contribution >= 0.6 is 7.60 Å². The Kier molecular flexibility index (Phi) is 11.4. The third-order valence-electron chi connectivity index (χ3n) is 4.37. The molecule has 0 aromatic carbocycles. The van der Waals surface area contributed by atoms with E-state index in [4.69, 9.17) is 28.0 Å². The first-order valence-electron chi connectivity index (χ1n) is 10.2. The molecular formula is C20H33O10P. The zero-order chi connectivity index (χ0) is 23.6. The molecule has 31 heavy (non-hydrogen) atoms. The van der Waals surface area contributed by atoms with Crippen molar-refractivity contribution in [2.24, 2.45) is 0 Å². The lowest BCUT2D eigenvalue weighted by atomic mass is 9.91. The number of esters is 3. The molecule has 0 unspecified atom stereocenters. The minimum atomic E-state index is -3.40. The maximum Gasteiger partial charge on any atom is 0.330 e. The molecule has 1 saturated heterocycles. The molecule has 1 aliphatic heterocycles. The van der Waals surface area contributed by atoms with E-state index in [9.17, 15) is 18.9 Å². The molecule has 11 heteroatoms. The van der Waals surface area contributed by atoms with E-state index in [0.29, 0.717) is 0 Å². The maximum atomic E-state index is 12.9. The Balaban J connectivity index is 3.27. The van der Waals surface area contributed by atoms with Crippen LogP contribution in [0.4, 0.5) is 0 Å². The normalized spacial score (nSPS) is 26.0. The molecule has 0 spiro atoms. The van der Waals surface area contributed by atoms with Crippen molar-refractivity contribution in [3.8, 4) is 0 Å². The van der Waals surface area contributed by atoms with E-state index in [-0.39, 0.29) is 32.2 Å². The minimum Gasteiger partial charge on any atom is -0.456 e. The van der Waals surface area contributed by atoms with Crippen LogP contribution in [0.1, 0.15) is 47.5 Å². The van der Waals surface area contributed by atoms with Gasteiger partial charge in [0.15, 0.2) is 18.3 Å². The predicted octanol–water partition coefficient (Wildman–Crippen LogP) is 2.78. The molecular weight excluding hydrogens is 431 g/mol. The van der Waals surface area contributed by atoms with Gasteiger partial charge in [-0.05, 0) is 26.7 Å². The average Bonchev–Trinajstić information content (AvgIpc) is 2.64. The Morgan fingerprint density at radius 1 is 0.871 bits per heavy atom. The Labute approximate surface area is 183 Å². The second-order valence-electron chi connectivity index (χ2n) is 6.92. The molecule has 0 radical (unpaired) electrons. The molecule has 10 nitrogen and oxygen atoms in total.